The van der Waals surface area contributed by atoms with Crippen molar-refractivity contribution in [2.24, 2.45) is 0 Å². The Morgan fingerprint density at radius 2 is 1.77 bits per heavy atom. The van der Waals surface area contributed by atoms with Crippen LogP contribution in [-0.4, -0.2) is 46.1 Å². The Hall–Kier alpha value is -5.18. The Balaban J connectivity index is 1.74. The second-order valence-electron chi connectivity index (χ2n) is 10.4. The summed E-state index contributed by atoms with van der Waals surface area (Å²) in [5.41, 5.74) is 0.770. The highest BCUT2D eigenvalue weighted by atomic mass is 19.4. The van der Waals surface area contributed by atoms with E-state index in [1.54, 1.807) is 25.6 Å². The summed E-state index contributed by atoms with van der Waals surface area (Å²) in [6, 6.07) is 16.5. The van der Waals surface area contributed by atoms with Crippen molar-refractivity contribution in [3.63, 3.8) is 0 Å². The molecule has 12 heteroatoms. The van der Waals surface area contributed by atoms with Crippen LogP contribution < -0.4 is 10.2 Å². The van der Waals surface area contributed by atoms with E-state index in [2.05, 4.69) is 11.5 Å². The van der Waals surface area contributed by atoms with Crippen molar-refractivity contribution >= 4 is 17.6 Å². The summed E-state index contributed by atoms with van der Waals surface area (Å²) in [5.74, 6) is -2.46. The molecule has 0 fully saturated rings. The number of carbonyl (C=O) groups is 2. The molecule has 1 N–H and O–H groups in total. The van der Waals surface area contributed by atoms with Crippen molar-refractivity contribution in [2.75, 3.05) is 18.5 Å². The molecule has 4 aromatic rings. The predicted octanol–water partition coefficient (Wildman–Crippen LogP) is 5.80. The molecule has 0 radical (unpaired) electrons. The molecule has 44 heavy (non-hydrogen) atoms. The minimum absolute atomic E-state index is 0.165. The number of rotatable bonds is 7. The summed E-state index contributed by atoms with van der Waals surface area (Å²) in [7, 11) is 1.59. The fraction of sp³-hybridized carbons (Fsp3) is 0.250. The molecule has 0 saturated carbocycles. The van der Waals surface area contributed by atoms with Gasteiger partial charge in [-0.25, -0.2) is 9.07 Å². The zero-order chi connectivity index (χ0) is 31.8. The Kier molecular flexibility index (Phi) is 8.15. The average molecular weight is 605 g/mol. The summed E-state index contributed by atoms with van der Waals surface area (Å²) < 4.78 is 56.0. The molecule has 1 aliphatic heterocycles. The summed E-state index contributed by atoms with van der Waals surface area (Å²) in [6.45, 7) is 3.68. The van der Waals surface area contributed by atoms with Crippen molar-refractivity contribution in [1.29, 1.82) is 5.26 Å². The van der Waals surface area contributed by atoms with E-state index in [0.717, 1.165) is 18.2 Å². The number of amides is 2. The fourth-order valence-corrected chi connectivity index (χ4v) is 5.45. The molecule has 2 heterocycles. The van der Waals surface area contributed by atoms with E-state index in [0.29, 0.717) is 28.3 Å². The maximum Gasteiger partial charge on any atom is 0.416 e. The monoisotopic (exact) mass is 604 g/mol. The highest BCUT2D eigenvalue weighted by Gasteiger charge is 2.47. The standard InChI is InChI=1S/C32H28F4N6O2/c1-4-41-30-26(27(19(2)40(3)18-37)39-42(30)24-11-6-5-7-12-24)25(20-13-15-23(33)16-14-20)28(31(41)44)38-29(43)21-9-8-10-22(17-21)32(34,35)36/h5-17,19,25,28H,4H2,1-3H3,(H,38,43)/t19-,25+,28+/m1/s1. The van der Waals surface area contributed by atoms with Crippen LogP contribution in [0, 0.1) is 17.3 Å². The third-order valence-corrected chi connectivity index (χ3v) is 7.78. The van der Waals surface area contributed by atoms with Crippen molar-refractivity contribution < 1.29 is 27.2 Å². The van der Waals surface area contributed by atoms with Crippen molar-refractivity contribution in [3.8, 4) is 11.9 Å². The molecule has 1 aromatic heterocycles. The summed E-state index contributed by atoms with van der Waals surface area (Å²) in [6.07, 6.45) is -2.59. The predicted molar refractivity (Wildman–Crippen MR) is 154 cm³/mol. The number of para-hydroxylation sites is 1. The number of nitrogens with one attached hydrogen (secondary N) is 1. The van der Waals surface area contributed by atoms with E-state index in [-0.39, 0.29) is 12.1 Å². The number of aromatic nitrogens is 2. The Labute approximate surface area is 251 Å². The molecule has 0 saturated heterocycles. The number of halogens is 4. The number of nitrogens with zero attached hydrogens (tertiary/aromatic N) is 5. The molecule has 5 rings (SSSR count). The summed E-state index contributed by atoms with van der Waals surface area (Å²) in [4.78, 5) is 30.6. The summed E-state index contributed by atoms with van der Waals surface area (Å²) >= 11 is 0. The minimum Gasteiger partial charge on any atom is -0.339 e. The lowest BCUT2D eigenvalue weighted by molar-refractivity contribution is -0.137. The van der Waals surface area contributed by atoms with Gasteiger partial charge in [-0.3, -0.25) is 14.5 Å². The topological polar surface area (TPSA) is 94.3 Å². The lowest BCUT2D eigenvalue weighted by Crippen LogP contribution is -2.55. The van der Waals surface area contributed by atoms with Gasteiger partial charge in [-0.2, -0.15) is 23.5 Å². The average Bonchev–Trinajstić information content (AvgIpc) is 3.41. The number of hydrogen-bond donors (Lipinski definition) is 1. The maximum atomic E-state index is 14.3. The largest absolute Gasteiger partial charge is 0.416 e. The molecule has 0 bridgehead atoms. The van der Waals surface area contributed by atoms with Gasteiger partial charge in [-0.05, 0) is 61.9 Å². The van der Waals surface area contributed by atoms with E-state index in [1.807, 2.05) is 30.3 Å². The first-order valence-corrected chi connectivity index (χ1v) is 13.8. The molecule has 2 amide bonds. The molecular formula is C32H28F4N6O2. The normalized spacial score (nSPS) is 17.0. The number of benzene rings is 3. The third-order valence-electron chi connectivity index (χ3n) is 7.78. The van der Waals surface area contributed by atoms with Crippen LogP contribution >= 0.6 is 0 Å². The molecule has 8 nitrogen and oxygen atoms in total. The van der Waals surface area contributed by atoms with E-state index in [1.165, 1.54) is 40.1 Å². The number of carbonyl (C=O) groups excluding carboxylic acids is 2. The highest BCUT2D eigenvalue weighted by molar-refractivity contribution is 6.05. The van der Waals surface area contributed by atoms with E-state index >= 15 is 0 Å². The van der Waals surface area contributed by atoms with Crippen LogP contribution in [0.25, 0.3) is 5.69 Å². The van der Waals surface area contributed by atoms with Gasteiger partial charge >= 0.3 is 6.18 Å². The van der Waals surface area contributed by atoms with Crippen molar-refractivity contribution in [1.82, 2.24) is 20.0 Å². The van der Waals surface area contributed by atoms with Crippen LogP contribution in [0.1, 0.15) is 58.5 Å². The fourth-order valence-electron chi connectivity index (χ4n) is 5.45. The molecule has 3 atom stereocenters. The molecular weight excluding hydrogens is 576 g/mol. The Morgan fingerprint density at radius 3 is 2.39 bits per heavy atom. The second-order valence-corrected chi connectivity index (χ2v) is 10.4. The van der Waals surface area contributed by atoms with Crippen molar-refractivity contribution in [3.05, 3.63) is 113 Å². The van der Waals surface area contributed by atoms with Gasteiger partial charge in [0.2, 0.25) is 0 Å². The number of likely N-dealkylation sites (N-methyl/N-ethyl adjacent to an activating group) is 1. The molecule has 0 aliphatic carbocycles. The second kappa shape index (κ2) is 11.8. The Morgan fingerprint density at radius 1 is 1.09 bits per heavy atom. The maximum absolute atomic E-state index is 14.3. The highest BCUT2D eigenvalue weighted by Crippen LogP contribution is 2.45. The number of anilines is 1. The quantitative estimate of drug-likeness (QED) is 0.164. The van der Waals surface area contributed by atoms with Gasteiger partial charge in [0.1, 0.15) is 17.7 Å². The van der Waals surface area contributed by atoms with Gasteiger partial charge < -0.3 is 10.2 Å². The van der Waals surface area contributed by atoms with Gasteiger partial charge in [0, 0.05) is 30.6 Å². The lowest BCUT2D eigenvalue weighted by atomic mass is 9.80. The van der Waals surface area contributed by atoms with Crippen molar-refractivity contribution in [2.45, 2.75) is 38.0 Å². The van der Waals surface area contributed by atoms with Crippen LogP contribution in [0.5, 0.6) is 0 Å². The SMILES string of the molecule is CCN1C(=O)[C@@H](NC(=O)c2cccc(C(F)(F)F)c2)[C@@H](c2ccc(F)cc2)c2c([C@@H](C)N(C)C#N)nn(-c3ccccc3)c21. The van der Waals surface area contributed by atoms with Gasteiger partial charge in [-0.15, -0.1) is 0 Å². The van der Waals surface area contributed by atoms with Gasteiger partial charge in [0.05, 0.1) is 23.0 Å². The smallest absolute Gasteiger partial charge is 0.339 e. The number of hydrogen-bond acceptors (Lipinski definition) is 5. The first-order valence-electron chi connectivity index (χ1n) is 13.8. The van der Waals surface area contributed by atoms with Crippen LogP contribution in [0.4, 0.5) is 23.4 Å². The van der Waals surface area contributed by atoms with Crippen LogP contribution in [0.3, 0.4) is 0 Å². The number of alkyl halides is 3. The minimum atomic E-state index is -4.68. The molecule has 0 spiro atoms. The number of fused-ring (bicyclic) bond motifs is 1. The molecule has 3 aromatic carbocycles. The first kappa shape index (κ1) is 30.3. The lowest BCUT2D eigenvalue weighted by Gasteiger charge is -2.39. The third kappa shape index (κ3) is 5.48. The van der Waals surface area contributed by atoms with Gasteiger partial charge in [-0.1, -0.05) is 36.4 Å². The van der Waals surface area contributed by atoms with Gasteiger partial charge in [0.15, 0.2) is 6.19 Å². The van der Waals surface area contributed by atoms with Gasteiger partial charge in [0.25, 0.3) is 11.8 Å². The van der Waals surface area contributed by atoms with E-state index < -0.39 is 47.4 Å². The molecule has 1 aliphatic rings. The van der Waals surface area contributed by atoms with Crippen LogP contribution in [-0.2, 0) is 11.0 Å². The first-order chi connectivity index (χ1) is 21.0. The van der Waals surface area contributed by atoms with Crippen LogP contribution in [0.2, 0.25) is 0 Å². The molecule has 226 valence electrons. The number of nitriles is 1. The van der Waals surface area contributed by atoms with E-state index in [4.69, 9.17) is 5.10 Å². The molecule has 0 unspecified atom stereocenters. The van der Waals surface area contributed by atoms with Crippen LogP contribution in [0.15, 0.2) is 78.9 Å². The zero-order valence-electron chi connectivity index (χ0n) is 24.0. The zero-order valence-corrected chi connectivity index (χ0v) is 24.0. The Bertz CT molecular complexity index is 1730. The summed E-state index contributed by atoms with van der Waals surface area (Å²) in [5, 5.41) is 17.3. The van der Waals surface area contributed by atoms with E-state index in [9.17, 15) is 32.4 Å².